The maximum Gasteiger partial charge on any atom is 0.264 e. The van der Waals surface area contributed by atoms with E-state index in [1.165, 1.54) is 17.0 Å². The number of carbonyl (C=O) groups is 2. The first-order valence-electron chi connectivity index (χ1n) is 13.0. The van der Waals surface area contributed by atoms with Crippen LogP contribution in [0.4, 0.5) is 5.69 Å². The van der Waals surface area contributed by atoms with Crippen molar-refractivity contribution in [1.82, 2.24) is 10.2 Å². The summed E-state index contributed by atoms with van der Waals surface area (Å²) in [5.41, 5.74) is 3.77. The Morgan fingerprint density at radius 1 is 0.897 bits per heavy atom. The Hall–Kier alpha value is -3.36. The molecule has 39 heavy (non-hydrogen) atoms. The molecule has 0 aliphatic rings. The van der Waals surface area contributed by atoms with Crippen LogP contribution in [-0.2, 0) is 26.2 Å². The zero-order valence-corrected chi connectivity index (χ0v) is 24.6. The molecule has 1 N–H and O–H groups in total. The van der Waals surface area contributed by atoms with Crippen LogP contribution in [0.2, 0.25) is 5.02 Å². The van der Waals surface area contributed by atoms with E-state index in [2.05, 4.69) is 5.32 Å². The van der Waals surface area contributed by atoms with E-state index in [9.17, 15) is 18.0 Å². The topological polar surface area (TPSA) is 86.8 Å². The van der Waals surface area contributed by atoms with Gasteiger partial charge in [0, 0.05) is 18.1 Å². The van der Waals surface area contributed by atoms with Crippen molar-refractivity contribution >= 4 is 39.1 Å². The van der Waals surface area contributed by atoms with Crippen LogP contribution in [0.25, 0.3) is 0 Å². The summed E-state index contributed by atoms with van der Waals surface area (Å²) in [6.45, 7) is 9.33. The molecule has 9 heteroatoms. The number of benzene rings is 3. The number of hydrogen-bond donors (Lipinski definition) is 1. The number of halogens is 1. The second-order valence-corrected chi connectivity index (χ2v) is 11.9. The zero-order chi connectivity index (χ0) is 28.7. The minimum atomic E-state index is -4.13. The number of carbonyl (C=O) groups excluding carboxylic acids is 2. The standard InChI is InChI=1S/C30H36ClN3O4S/c1-6-27(30(36)32-7-2)33(19-24-12-8-21(3)9-13-24)29(35)20-34(28-17-14-25(31)18-23(28)5)39(37,38)26-15-10-22(4)11-16-26/h8-18,27H,6-7,19-20H2,1-5H3,(H,32,36). The van der Waals surface area contributed by atoms with E-state index < -0.39 is 28.5 Å². The Morgan fingerprint density at radius 2 is 1.49 bits per heavy atom. The molecule has 7 nitrogen and oxygen atoms in total. The van der Waals surface area contributed by atoms with Gasteiger partial charge in [-0.15, -0.1) is 0 Å². The molecule has 0 radical (unpaired) electrons. The Labute approximate surface area is 236 Å². The smallest absolute Gasteiger partial charge is 0.264 e. The van der Waals surface area contributed by atoms with Gasteiger partial charge < -0.3 is 10.2 Å². The molecule has 0 heterocycles. The number of rotatable bonds is 11. The summed E-state index contributed by atoms with van der Waals surface area (Å²) in [6, 6.07) is 18.3. The Morgan fingerprint density at radius 3 is 2.03 bits per heavy atom. The molecule has 0 aliphatic carbocycles. The highest BCUT2D eigenvalue weighted by molar-refractivity contribution is 7.92. The minimum Gasteiger partial charge on any atom is -0.355 e. The van der Waals surface area contributed by atoms with Crippen molar-refractivity contribution in [1.29, 1.82) is 0 Å². The van der Waals surface area contributed by atoms with Gasteiger partial charge in [-0.1, -0.05) is 66.0 Å². The van der Waals surface area contributed by atoms with Crippen molar-refractivity contribution in [3.05, 3.63) is 94.0 Å². The van der Waals surface area contributed by atoms with E-state index in [0.29, 0.717) is 29.2 Å². The molecule has 1 unspecified atom stereocenters. The molecule has 1 atom stereocenters. The molecule has 0 bridgehead atoms. The number of nitrogens with one attached hydrogen (secondary N) is 1. The van der Waals surface area contributed by atoms with Gasteiger partial charge in [0.1, 0.15) is 12.6 Å². The summed E-state index contributed by atoms with van der Waals surface area (Å²) in [7, 11) is -4.13. The Bertz CT molecular complexity index is 1410. The summed E-state index contributed by atoms with van der Waals surface area (Å²) in [6.07, 6.45) is 0.369. The van der Waals surface area contributed by atoms with Gasteiger partial charge in [-0.3, -0.25) is 13.9 Å². The summed E-state index contributed by atoms with van der Waals surface area (Å²) in [5.74, 6) is -0.769. The predicted molar refractivity (Wildman–Crippen MR) is 156 cm³/mol. The summed E-state index contributed by atoms with van der Waals surface area (Å²) in [4.78, 5) is 28.6. The summed E-state index contributed by atoms with van der Waals surface area (Å²) >= 11 is 6.17. The number of amides is 2. The van der Waals surface area contributed by atoms with Gasteiger partial charge in [0.15, 0.2) is 0 Å². The van der Waals surface area contributed by atoms with Gasteiger partial charge >= 0.3 is 0 Å². The maximum absolute atomic E-state index is 14.0. The molecule has 3 rings (SSSR count). The molecule has 0 saturated heterocycles. The Balaban J connectivity index is 2.09. The summed E-state index contributed by atoms with van der Waals surface area (Å²) < 4.78 is 29.0. The number of likely N-dealkylation sites (N-methyl/N-ethyl adjacent to an activating group) is 1. The van der Waals surface area contributed by atoms with Crippen LogP contribution in [0.15, 0.2) is 71.6 Å². The third kappa shape index (κ3) is 7.40. The molecular weight excluding hydrogens is 534 g/mol. The largest absolute Gasteiger partial charge is 0.355 e. The average molecular weight is 570 g/mol. The monoisotopic (exact) mass is 569 g/mol. The van der Waals surface area contributed by atoms with E-state index in [4.69, 9.17) is 11.6 Å². The SMILES string of the molecule is CCNC(=O)C(CC)N(Cc1ccc(C)cc1)C(=O)CN(c1ccc(Cl)cc1C)S(=O)(=O)c1ccc(C)cc1. The molecule has 2 amide bonds. The number of hydrogen-bond acceptors (Lipinski definition) is 4. The van der Waals surface area contributed by atoms with Crippen LogP contribution in [-0.4, -0.2) is 44.3 Å². The van der Waals surface area contributed by atoms with E-state index in [0.717, 1.165) is 21.0 Å². The lowest BCUT2D eigenvalue weighted by Crippen LogP contribution is -2.52. The quantitative estimate of drug-likeness (QED) is 0.335. The molecule has 0 aliphatic heterocycles. The molecule has 208 valence electrons. The van der Waals surface area contributed by atoms with Crippen molar-refractivity contribution in [2.75, 3.05) is 17.4 Å². The lowest BCUT2D eigenvalue weighted by molar-refractivity contribution is -0.140. The van der Waals surface area contributed by atoms with E-state index >= 15 is 0 Å². The van der Waals surface area contributed by atoms with Crippen LogP contribution < -0.4 is 9.62 Å². The average Bonchev–Trinajstić information content (AvgIpc) is 2.89. The fourth-order valence-electron chi connectivity index (χ4n) is 4.35. The van der Waals surface area contributed by atoms with E-state index in [1.807, 2.05) is 52.0 Å². The van der Waals surface area contributed by atoms with Crippen LogP contribution in [0.1, 0.15) is 42.5 Å². The number of nitrogens with zero attached hydrogens (tertiary/aromatic N) is 2. The van der Waals surface area contributed by atoms with Gasteiger partial charge in [0.2, 0.25) is 11.8 Å². The van der Waals surface area contributed by atoms with Crippen molar-refractivity contribution in [3.63, 3.8) is 0 Å². The highest BCUT2D eigenvalue weighted by Gasteiger charge is 2.34. The first kappa shape index (κ1) is 30.2. The zero-order valence-electron chi connectivity index (χ0n) is 23.1. The highest BCUT2D eigenvalue weighted by atomic mass is 35.5. The molecule has 0 aromatic heterocycles. The fraction of sp³-hybridized carbons (Fsp3) is 0.333. The first-order valence-corrected chi connectivity index (χ1v) is 14.8. The van der Waals surface area contributed by atoms with Crippen LogP contribution >= 0.6 is 11.6 Å². The molecule has 3 aromatic carbocycles. The fourth-order valence-corrected chi connectivity index (χ4v) is 6.06. The highest BCUT2D eigenvalue weighted by Crippen LogP contribution is 2.29. The first-order chi connectivity index (χ1) is 18.5. The number of anilines is 1. The van der Waals surface area contributed by atoms with Crippen LogP contribution in [0.5, 0.6) is 0 Å². The van der Waals surface area contributed by atoms with Crippen LogP contribution in [0.3, 0.4) is 0 Å². The van der Waals surface area contributed by atoms with E-state index in [-0.39, 0.29) is 17.3 Å². The maximum atomic E-state index is 14.0. The van der Waals surface area contributed by atoms with Crippen molar-refractivity contribution < 1.29 is 18.0 Å². The molecule has 0 fully saturated rings. The molecular formula is C30H36ClN3O4S. The normalized spacial score (nSPS) is 12.1. The number of aryl methyl sites for hydroxylation is 3. The second kappa shape index (κ2) is 13.1. The molecule has 3 aromatic rings. The van der Waals surface area contributed by atoms with Crippen LogP contribution in [0, 0.1) is 20.8 Å². The third-order valence-electron chi connectivity index (χ3n) is 6.53. The second-order valence-electron chi connectivity index (χ2n) is 9.58. The molecule has 0 spiro atoms. The van der Waals surface area contributed by atoms with Gasteiger partial charge in [0.05, 0.1) is 10.6 Å². The molecule has 0 saturated carbocycles. The lowest BCUT2D eigenvalue weighted by Gasteiger charge is -2.33. The van der Waals surface area contributed by atoms with Gasteiger partial charge in [-0.2, -0.15) is 0 Å². The van der Waals surface area contributed by atoms with Gasteiger partial charge in [-0.05, 0) is 75.6 Å². The number of sulfonamides is 1. The lowest BCUT2D eigenvalue weighted by atomic mass is 10.1. The van der Waals surface area contributed by atoms with E-state index in [1.54, 1.807) is 37.3 Å². The third-order valence-corrected chi connectivity index (χ3v) is 8.53. The van der Waals surface area contributed by atoms with Crippen molar-refractivity contribution in [2.24, 2.45) is 0 Å². The van der Waals surface area contributed by atoms with Gasteiger partial charge in [-0.25, -0.2) is 8.42 Å². The van der Waals surface area contributed by atoms with Crippen molar-refractivity contribution in [2.45, 2.75) is 58.5 Å². The minimum absolute atomic E-state index is 0.0658. The Kier molecular flexibility index (Phi) is 10.2. The summed E-state index contributed by atoms with van der Waals surface area (Å²) in [5, 5.41) is 3.27. The van der Waals surface area contributed by atoms with Crippen molar-refractivity contribution in [3.8, 4) is 0 Å². The van der Waals surface area contributed by atoms with Gasteiger partial charge in [0.25, 0.3) is 10.0 Å². The predicted octanol–water partition coefficient (Wildman–Crippen LogP) is 5.40.